The van der Waals surface area contributed by atoms with Crippen molar-refractivity contribution in [2.75, 3.05) is 24.5 Å². The van der Waals surface area contributed by atoms with Gasteiger partial charge in [-0.2, -0.15) is 0 Å². The summed E-state index contributed by atoms with van der Waals surface area (Å²) in [5.41, 5.74) is 3.67. The van der Waals surface area contributed by atoms with Crippen LogP contribution in [0.15, 0.2) is 65.5 Å². The topological polar surface area (TPSA) is 65.2 Å². The van der Waals surface area contributed by atoms with Gasteiger partial charge in [-0.25, -0.2) is 0 Å². The number of aromatic amines is 1. The molecule has 1 amide bonds. The highest BCUT2D eigenvalue weighted by atomic mass is 16.1. The quantitative estimate of drug-likeness (QED) is 0.689. The van der Waals surface area contributed by atoms with E-state index in [0.29, 0.717) is 12.1 Å². The molecule has 0 radical (unpaired) electrons. The lowest BCUT2D eigenvalue weighted by Crippen LogP contribution is -2.33. The molecule has 1 aliphatic heterocycles. The number of rotatable bonds is 5. The summed E-state index contributed by atoms with van der Waals surface area (Å²) >= 11 is 0. The number of carbonyl (C=O) groups is 1. The average molecular weight is 359 g/mol. The van der Waals surface area contributed by atoms with Gasteiger partial charge in [0.1, 0.15) is 0 Å². The molecule has 0 fully saturated rings. The van der Waals surface area contributed by atoms with Crippen LogP contribution in [0.25, 0.3) is 17.0 Å². The first kappa shape index (κ1) is 17.1. The SMILES string of the molecule is O=C(/C=C/c1cc2ccccc2[nH]c1=O)NCCN1CCc2ccccc21. The summed E-state index contributed by atoms with van der Waals surface area (Å²) in [6.45, 7) is 2.32. The standard InChI is InChI=1S/C22H21N3O2/c26-21(23-12-14-25-13-11-16-5-2-4-8-20(16)25)10-9-18-15-17-6-1-3-7-19(17)24-22(18)27/h1-10,15H,11-14H2,(H,23,26)(H,24,27)/b10-9+. The summed E-state index contributed by atoms with van der Waals surface area (Å²) < 4.78 is 0. The second-order valence-electron chi connectivity index (χ2n) is 6.63. The maximum atomic E-state index is 12.1. The number of fused-ring (bicyclic) bond motifs is 2. The molecular formula is C22H21N3O2. The third-order valence-corrected chi connectivity index (χ3v) is 4.86. The van der Waals surface area contributed by atoms with Crippen LogP contribution in [-0.4, -0.2) is 30.5 Å². The summed E-state index contributed by atoms with van der Waals surface area (Å²) in [5, 5.41) is 3.82. The van der Waals surface area contributed by atoms with Crippen molar-refractivity contribution >= 4 is 28.6 Å². The van der Waals surface area contributed by atoms with Crippen molar-refractivity contribution in [3.05, 3.63) is 82.2 Å². The Kier molecular flexibility index (Phi) is 4.75. The Labute approximate surface area is 157 Å². The Morgan fingerprint density at radius 1 is 1.15 bits per heavy atom. The van der Waals surface area contributed by atoms with Gasteiger partial charge in [-0.05, 0) is 41.6 Å². The number of nitrogens with zero attached hydrogens (tertiary/aromatic N) is 1. The van der Waals surface area contributed by atoms with Crippen LogP contribution < -0.4 is 15.8 Å². The number of para-hydroxylation sites is 2. The number of anilines is 1. The van der Waals surface area contributed by atoms with Crippen LogP contribution >= 0.6 is 0 Å². The highest BCUT2D eigenvalue weighted by molar-refractivity contribution is 5.92. The van der Waals surface area contributed by atoms with Crippen molar-refractivity contribution in [2.24, 2.45) is 0 Å². The molecule has 0 atom stereocenters. The monoisotopic (exact) mass is 359 g/mol. The number of H-pyrrole nitrogens is 1. The van der Waals surface area contributed by atoms with Gasteiger partial charge in [0.2, 0.25) is 5.91 Å². The fourth-order valence-corrected chi connectivity index (χ4v) is 3.47. The molecule has 5 heteroatoms. The van der Waals surface area contributed by atoms with Gasteiger partial charge in [-0.1, -0.05) is 36.4 Å². The Morgan fingerprint density at radius 3 is 2.89 bits per heavy atom. The van der Waals surface area contributed by atoms with Crippen LogP contribution in [0.4, 0.5) is 5.69 Å². The molecule has 0 saturated heterocycles. The fraction of sp³-hybridized carbons (Fsp3) is 0.182. The minimum absolute atomic E-state index is 0.199. The first-order valence-corrected chi connectivity index (χ1v) is 9.11. The first-order valence-electron chi connectivity index (χ1n) is 9.11. The number of nitrogens with one attached hydrogen (secondary N) is 2. The average Bonchev–Trinajstić information content (AvgIpc) is 3.09. The van der Waals surface area contributed by atoms with Gasteiger partial charge in [0.05, 0.1) is 0 Å². The first-order chi connectivity index (χ1) is 13.2. The summed E-state index contributed by atoms with van der Waals surface area (Å²) in [6.07, 6.45) is 4.03. The number of amides is 1. The lowest BCUT2D eigenvalue weighted by atomic mass is 10.1. The third kappa shape index (κ3) is 3.77. The van der Waals surface area contributed by atoms with E-state index >= 15 is 0 Å². The Bertz CT molecular complexity index is 1070. The number of benzene rings is 2. The molecule has 27 heavy (non-hydrogen) atoms. The maximum absolute atomic E-state index is 12.1. The van der Waals surface area contributed by atoms with E-state index in [2.05, 4.69) is 33.4 Å². The third-order valence-electron chi connectivity index (χ3n) is 4.86. The van der Waals surface area contributed by atoms with E-state index in [4.69, 9.17) is 0 Å². The van der Waals surface area contributed by atoms with Crippen molar-refractivity contribution < 1.29 is 4.79 Å². The molecule has 1 aromatic heterocycles. The largest absolute Gasteiger partial charge is 0.369 e. The Balaban J connectivity index is 1.35. The molecular weight excluding hydrogens is 338 g/mol. The summed E-state index contributed by atoms with van der Waals surface area (Å²) in [5.74, 6) is -0.199. The van der Waals surface area contributed by atoms with Gasteiger partial charge in [0, 0.05) is 42.5 Å². The van der Waals surface area contributed by atoms with E-state index in [1.54, 1.807) is 12.1 Å². The Morgan fingerprint density at radius 2 is 1.96 bits per heavy atom. The van der Waals surface area contributed by atoms with Crippen molar-refractivity contribution in [1.29, 1.82) is 0 Å². The summed E-state index contributed by atoms with van der Waals surface area (Å²) in [6, 6.07) is 17.7. The number of pyridine rings is 1. The minimum atomic E-state index is -0.202. The van der Waals surface area contributed by atoms with E-state index in [9.17, 15) is 9.59 Å². The van der Waals surface area contributed by atoms with E-state index in [1.807, 2.05) is 30.3 Å². The molecule has 2 heterocycles. The van der Waals surface area contributed by atoms with Crippen LogP contribution in [0.2, 0.25) is 0 Å². The molecule has 0 saturated carbocycles. The van der Waals surface area contributed by atoms with Crippen molar-refractivity contribution in [2.45, 2.75) is 6.42 Å². The zero-order valence-electron chi connectivity index (χ0n) is 14.9. The normalized spacial score (nSPS) is 13.3. The zero-order chi connectivity index (χ0) is 18.6. The van der Waals surface area contributed by atoms with Crippen LogP contribution in [0.5, 0.6) is 0 Å². The van der Waals surface area contributed by atoms with E-state index in [-0.39, 0.29) is 11.5 Å². The molecule has 2 aromatic carbocycles. The number of aromatic nitrogens is 1. The van der Waals surface area contributed by atoms with Crippen molar-refractivity contribution in [1.82, 2.24) is 10.3 Å². The number of hydrogen-bond donors (Lipinski definition) is 2. The van der Waals surface area contributed by atoms with Crippen LogP contribution in [-0.2, 0) is 11.2 Å². The molecule has 1 aliphatic rings. The van der Waals surface area contributed by atoms with Crippen molar-refractivity contribution in [3.8, 4) is 0 Å². The highest BCUT2D eigenvalue weighted by Gasteiger charge is 2.17. The van der Waals surface area contributed by atoms with Gasteiger partial charge >= 0.3 is 0 Å². The smallest absolute Gasteiger partial charge is 0.255 e. The summed E-state index contributed by atoms with van der Waals surface area (Å²) in [7, 11) is 0. The lowest BCUT2D eigenvalue weighted by Gasteiger charge is -2.19. The van der Waals surface area contributed by atoms with Crippen LogP contribution in [0.1, 0.15) is 11.1 Å². The van der Waals surface area contributed by atoms with Gasteiger partial charge < -0.3 is 15.2 Å². The zero-order valence-corrected chi connectivity index (χ0v) is 14.9. The predicted octanol–water partition coefficient (Wildman–Crippen LogP) is 2.72. The minimum Gasteiger partial charge on any atom is -0.369 e. The molecule has 0 aliphatic carbocycles. The van der Waals surface area contributed by atoms with Crippen molar-refractivity contribution in [3.63, 3.8) is 0 Å². The number of carbonyl (C=O) groups excluding carboxylic acids is 1. The second-order valence-corrected chi connectivity index (χ2v) is 6.63. The molecule has 4 rings (SSSR count). The maximum Gasteiger partial charge on any atom is 0.255 e. The van der Waals surface area contributed by atoms with Crippen LogP contribution in [0, 0.1) is 0 Å². The molecule has 0 spiro atoms. The fourth-order valence-electron chi connectivity index (χ4n) is 3.47. The molecule has 2 N–H and O–H groups in total. The molecule has 136 valence electrons. The lowest BCUT2D eigenvalue weighted by molar-refractivity contribution is -0.116. The second kappa shape index (κ2) is 7.50. The molecule has 5 nitrogen and oxygen atoms in total. The van der Waals surface area contributed by atoms with E-state index in [0.717, 1.165) is 30.4 Å². The molecule has 3 aromatic rings. The van der Waals surface area contributed by atoms with Gasteiger partial charge in [-0.3, -0.25) is 9.59 Å². The molecule has 0 bridgehead atoms. The predicted molar refractivity (Wildman–Crippen MR) is 109 cm³/mol. The highest BCUT2D eigenvalue weighted by Crippen LogP contribution is 2.26. The van der Waals surface area contributed by atoms with Gasteiger partial charge in [0.25, 0.3) is 5.56 Å². The van der Waals surface area contributed by atoms with E-state index in [1.165, 1.54) is 17.3 Å². The van der Waals surface area contributed by atoms with Crippen LogP contribution in [0.3, 0.4) is 0 Å². The van der Waals surface area contributed by atoms with Gasteiger partial charge in [-0.15, -0.1) is 0 Å². The van der Waals surface area contributed by atoms with Gasteiger partial charge in [0.15, 0.2) is 0 Å². The Hall–Kier alpha value is -3.34. The van der Waals surface area contributed by atoms with E-state index < -0.39 is 0 Å². The molecule has 0 unspecified atom stereocenters. The number of hydrogen-bond acceptors (Lipinski definition) is 3. The summed E-state index contributed by atoms with van der Waals surface area (Å²) in [4.78, 5) is 29.3.